The van der Waals surface area contributed by atoms with Crippen LogP contribution < -0.4 is 4.74 Å². The van der Waals surface area contributed by atoms with Gasteiger partial charge in [-0.2, -0.15) is 0 Å². The Morgan fingerprint density at radius 3 is 2.26 bits per heavy atom. The van der Waals surface area contributed by atoms with Crippen molar-refractivity contribution < 1.29 is 72.3 Å². The highest BCUT2D eigenvalue weighted by molar-refractivity contribution is 7.79. The summed E-state index contributed by atoms with van der Waals surface area (Å²) in [6.07, 6.45) is 10.4. The van der Waals surface area contributed by atoms with Crippen LogP contribution in [0.2, 0.25) is 0 Å². The lowest BCUT2D eigenvalue weighted by Crippen LogP contribution is -2.61. The van der Waals surface area contributed by atoms with Crippen LogP contribution in [0.5, 0.6) is 5.75 Å². The summed E-state index contributed by atoms with van der Waals surface area (Å²) < 4.78 is 41.5. The van der Waals surface area contributed by atoms with Gasteiger partial charge in [0, 0.05) is 82.8 Å². The number of benzene rings is 1. The molecule has 426 valence electrons. The lowest BCUT2D eigenvalue weighted by Gasteiger charge is -2.42. The predicted molar refractivity (Wildman–Crippen MR) is 290 cm³/mol. The number of ketones is 3. The molecule has 0 spiro atoms. The third-order valence-electron chi connectivity index (χ3n) is 15.9. The summed E-state index contributed by atoms with van der Waals surface area (Å²) in [5, 5.41) is 34.5. The SMILES string of the molecule is CO[C@H]1C[C@@H]2CC[C@@H](C)[C@@](O)(O2)C(=O)C(=O)N2CCCC[C@H]2C(=O)O[C@H]([C@H](C)C[C@@H]2CC[C@@H](OC(=S)Oc3ccc([N+](=O)[O-])cc3)[C@H](OC)C2)CC(=O)[C@H](C)/C=C(\C)[C@@H](O)[C@@H](OC)C(=O)[C@H](C)C[C@H](C)/C=C/C=C/C=C/1C. The van der Waals surface area contributed by atoms with Gasteiger partial charge in [0.25, 0.3) is 17.4 Å². The number of allylic oxidation sites excluding steroid dienone is 6. The topological polar surface area (TPSA) is 237 Å². The number of nitro groups is 1. The van der Waals surface area contributed by atoms with Gasteiger partial charge in [-0.05, 0) is 119 Å². The molecular weight excluding hydrogens is 1010 g/mol. The molecule has 2 saturated heterocycles. The summed E-state index contributed by atoms with van der Waals surface area (Å²) in [5.41, 5.74) is 1.11. The summed E-state index contributed by atoms with van der Waals surface area (Å²) in [4.78, 5) is 83.3. The second-order valence-corrected chi connectivity index (χ2v) is 22.1. The number of rotatable bonds is 9. The van der Waals surface area contributed by atoms with E-state index in [4.69, 9.17) is 45.4 Å². The highest BCUT2D eigenvalue weighted by Crippen LogP contribution is 2.38. The minimum absolute atomic E-state index is 0.00498. The third kappa shape index (κ3) is 17.0. The zero-order valence-corrected chi connectivity index (χ0v) is 47.3. The Kier molecular flexibility index (Phi) is 23.9. The van der Waals surface area contributed by atoms with Gasteiger partial charge in [-0.1, -0.05) is 71.1 Å². The number of hydrogen-bond donors (Lipinski definition) is 2. The van der Waals surface area contributed by atoms with Crippen molar-refractivity contribution >= 4 is 52.4 Å². The highest BCUT2D eigenvalue weighted by atomic mass is 32.1. The maximum absolute atomic E-state index is 14.6. The number of nitro benzene ring substituents is 1. The minimum atomic E-state index is -2.47. The van der Waals surface area contributed by atoms with Gasteiger partial charge in [0.05, 0.1) is 23.2 Å². The smallest absolute Gasteiger partial charge is 0.358 e. The maximum Gasteiger partial charge on any atom is 0.358 e. The van der Waals surface area contributed by atoms with E-state index in [1.165, 1.54) is 36.3 Å². The van der Waals surface area contributed by atoms with Gasteiger partial charge in [-0.3, -0.25) is 29.3 Å². The van der Waals surface area contributed by atoms with Gasteiger partial charge < -0.3 is 48.3 Å². The van der Waals surface area contributed by atoms with Crippen molar-refractivity contribution in [3.8, 4) is 5.75 Å². The number of aliphatic hydroxyl groups excluding tert-OH is 1. The van der Waals surface area contributed by atoms with E-state index in [1.54, 1.807) is 48.0 Å². The molecule has 2 N–H and O–H groups in total. The van der Waals surface area contributed by atoms with Crippen molar-refractivity contribution in [3.63, 3.8) is 0 Å². The molecule has 1 aliphatic carbocycles. The number of thiocarbonyl (C=S) groups is 1. The van der Waals surface area contributed by atoms with Crippen LogP contribution in [-0.4, -0.2) is 137 Å². The number of Topliss-reactive ketones (excluding diaryl/α,β-unsaturated/α-hetero) is 3. The molecule has 1 saturated carbocycles. The second kappa shape index (κ2) is 29.3. The van der Waals surface area contributed by atoms with Crippen LogP contribution in [0.3, 0.4) is 0 Å². The van der Waals surface area contributed by atoms with Gasteiger partial charge in [-0.15, -0.1) is 0 Å². The fourth-order valence-electron chi connectivity index (χ4n) is 11.1. The molecule has 1 amide bonds. The fraction of sp³-hybridized carbons (Fsp3) is 0.655. The molecule has 2 bridgehead atoms. The number of hydrogen-bond acceptors (Lipinski definition) is 17. The van der Waals surface area contributed by atoms with Gasteiger partial charge in [0.2, 0.25) is 5.79 Å². The Balaban J connectivity index is 1.42. The maximum atomic E-state index is 14.6. The third-order valence-corrected chi connectivity index (χ3v) is 16.1. The number of methoxy groups -OCH3 is 3. The number of fused-ring (bicyclic) bond motifs is 3. The van der Waals surface area contributed by atoms with Crippen molar-refractivity contribution in [2.45, 2.75) is 180 Å². The first-order chi connectivity index (χ1) is 36.5. The van der Waals surface area contributed by atoms with E-state index in [9.17, 15) is 44.3 Å². The molecule has 1 aromatic rings. The molecule has 0 aromatic heterocycles. The van der Waals surface area contributed by atoms with E-state index >= 15 is 0 Å². The number of ether oxygens (including phenoxy) is 7. The van der Waals surface area contributed by atoms with Gasteiger partial charge in [0.1, 0.15) is 42.0 Å². The normalized spacial score (nSPS) is 35.7. The Bertz CT molecular complexity index is 2350. The molecule has 3 heterocycles. The van der Waals surface area contributed by atoms with Gasteiger partial charge in [-0.25, -0.2) is 4.79 Å². The van der Waals surface area contributed by atoms with E-state index < -0.39 is 101 Å². The van der Waals surface area contributed by atoms with Gasteiger partial charge in [0.15, 0.2) is 5.78 Å². The van der Waals surface area contributed by atoms with Crippen molar-refractivity contribution in [3.05, 3.63) is 82.0 Å². The average Bonchev–Trinajstić information content (AvgIpc) is 3.41. The average molecular weight is 1100 g/mol. The van der Waals surface area contributed by atoms with Crippen LogP contribution in [0.15, 0.2) is 71.9 Å². The van der Waals surface area contributed by atoms with Crippen LogP contribution in [0, 0.1) is 45.6 Å². The number of cyclic esters (lactones) is 1. The molecule has 5 rings (SSSR count). The van der Waals surface area contributed by atoms with E-state index in [0.717, 1.165) is 5.57 Å². The van der Waals surface area contributed by atoms with Crippen LogP contribution in [0.4, 0.5) is 5.69 Å². The van der Waals surface area contributed by atoms with Crippen LogP contribution in [-0.2, 0) is 52.4 Å². The van der Waals surface area contributed by atoms with Gasteiger partial charge >= 0.3 is 11.2 Å². The van der Waals surface area contributed by atoms with E-state index in [1.807, 2.05) is 51.2 Å². The summed E-state index contributed by atoms with van der Waals surface area (Å²) in [6, 6.07) is 4.24. The standard InChI is InChI=1S/C58H82N2O16S/c1-34-16-12-11-13-17-35(2)48(70-8)32-44-23-19-40(7)58(67,76-44)54(64)55(65)59-27-15-14-18-45(59)56(66)74-49(33-46(61)36(3)29-39(6)52(63)53(72-10)51(62)38(5)28-34)37(4)30-41-20-26-47(50(31-41)71-9)75-57(77)73-43-24-21-42(22-25-43)60(68)69/h11-13,16-17,21-22,24-25,29,34,36-38,40-41,44-45,47-50,52-53,63,67H,14-15,18-20,23,26-28,30-33H2,1-10H3/b13-11+,16-12+,35-17+,39-29+/t34-,36-,37-,38-,40-,41+,44+,45+,47-,48+,49+,50-,52-,53+,58-/m1/s1. The summed E-state index contributed by atoms with van der Waals surface area (Å²) in [5.74, 6) is -8.25. The fourth-order valence-corrected chi connectivity index (χ4v) is 11.3. The number of nitrogens with zero attached hydrogens (tertiary/aromatic N) is 2. The van der Waals surface area contributed by atoms with Crippen LogP contribution in [0.1, 0.15) is 126 Å². The van der Waals surface area contributed by atoms with Crippen molar-refractivity contribution in [1.82, 2.24) is 4.90 Å². The number of esters is 1. The largest absolute Gasteiger partial charge is 0.460 e. The quantitative estimate of drug-likeness (QED) is 0.0589. The lowest BCUT2D eigenvalue weighted by atomic mass is 9.78. The zero-order valence-electron chi connectivity index (χ0n) is 46.5. The van der Waals surface area contributed by atoms with Crippen LogP contribution >= 0.6 is 12.2 Å². The minimum Gasteiger partial charge on any atom is -0.460 e. The number of piperidine rings is 1. The molecule has 77 heavy (non-hydrogen) atoms. The molecule has 1 aromatic carbocycles. The van der Waals surface area contributed by atoms with Crippen molar-refractivity contribution in [1.29, 1.82) is 0 Å². The number of carbonyl (C=O) groups excluding carboxylic acids is 5. The predicted octanol–water partition coefficient (Wildman–Crippen LogP) is 8.48. The first-order valence-corrected chi connectivity index (χ1v) is 27.5. The van der Waals surface area contributed by atoms with Crippen molar-refractivity contribution in [2.75, 3.05) is 27.9 Å². The second-order valence-electron chi connectivity index (χ2n) is 21.8. The Morgan fingerprint density at radius 2 is 1.60 bits per heavy atom. The molecule has 19 heteroatoms. The summed E-state index contributed by atoms with van der Waals surface area (Å²) in [6.45, 7) is 12.6. The molecule has 15 atom stereocenters. The van der Waals surface area contributed by atoms with Crippen LogP contribution in [0.25, 0.3) is 0 Å². The molecule has 0 radical (unpaired) electrons. The van der Waals surface area contributed by atoms with E-state index in [-0.39, 0.29) is 59.5 Å². The molecule has 3 aliphatic heterocycles. The number of non-ortho nitro benzene ring substituents is 1. The number of amides is 1. The molecule has 0 unspecified atom stereocenters. The highest BCUT2D eigenvalue weighted by Gasteiger charge is 2.53. The monoisotopic (exact) mass is 1090 g/mol. The number of carbonyl (C=O) groups is 5. The molecule has 18 nitrogen and oxygen atoms in total. The Labute approximate surface area is 459 Å². The molecule has 3 fully saturated rings. The Hall–Kier alpha value is -5.02. The zero-order chi connectivity index (χ0) is 56.7. The molecular formula is C58H82N2O16S. The lowest BCUT2D eigenvalue weighted by molar-refractivity contribution is -0.384. The molecule has 4 aliphatic rings. The summed E-state index contributed by atoms with van der Waals surface area (Å²) >= 11 is 5.39. The van der Waals surface area contributed by atoms with E-state index in [0.29, 0.717) is 69.8 Å². The van der Waals surface area contributed by atoms with E-state index in [2.05, 4.69) is 0 Å². The van der Waals surface area contributed by atoms with Crippen molar-refractivity contribution in [2.24, 2.45) is 35.5 Å². The summed E-state index contributed by atoms with van der Waals surface area (Å²) in [7, 11) is 4.49. The first-order valence-electron chi connectivity index (χ1n) is 27.1. The Morgan fingerprint density at radius 1 is 0.883 bits per heavy atom. The first kappa shape index (κ1) is 62.8. The number of aliphatic hydroxyl groups is 2.